The molecular weight excluding hydrogens is 354 g/mol. The van der Waals surface area contributed by atoms with Crippen molar-refractivity contribution in [3.8, 4) is 5.75 Å². The summed E-state index contributed by atoms with van der Waals surface area (Å²) in [5.41, 5.74) is 2.37. The summed E-state index contributed by atoms with van der Waals surface area (Å²) in [7, 11) is 0. The topological polar surface area (TPSA) is 93.8 Å². The van der Waals surface area contributed by atoms with Gasteiger partial charge < -0.3 is 4.74 Å². The molecule has 3 rings (SSSR count). The van der Waals surface area contributed by atoms with Crippen LogP contribution in [0, 0.1) is 10.1 Å². The van der Waals surface area contributed by atoms with E-state index in [4.69, 9.17) is 4.74 Å². The molecule has 0 bridgehead atoms. The lowest BCUT2D eigenvalue weighted by Gasteiger charge is -2.13. The highest BCUT2D eigenvalue weighted by atomic mass is 32.1. The maximum absolute atomic E-state index is 12.1. The minimum atomic E-state index is -0.744. The molecule has 0 saturated heterocycles. The molecule has 1 atom stereocenters. The fourth-order valence-electron chi connectivity index (χ4n) is 2.26. The largest absolute Gasteiger partial charge is 0.481 e. The molecule has 0 aliphatic heterocycles. The highest BCUT2D eigenvalue weighted by Crippen LogP contribution is 2.23. The van der Waals surface area contributed by atoms with Crippen LogP contribution in [0.25, 0.3) is 10.8 Å². The first-order chi connectivity index (χ1) is 12.5. The van der Waals surface area contributed by atoms with Gasteiger partial charge in [0.1, 0.15) is 5.75 Å². The summed E-state index contributed by atoms with van der Waals surface area (Å²) in [5.74, 6) is 0.171. The van der Waals surface area contributed by atoms with E-state index in [0.717, 1.165) is 22.1 Å². The molecule has 8 heteroatoms. The van der Waals surface area contributed by atoms with Gasteiger partial charge in [-0.15, -0.1) is 0 Å². The number of benzene rings is 2. The van der Waals surface area contributed by atoms with Crippen molar-refractivity contribution in [2.24, 2.45) is 5.10 Å². The molecule has 1 heterocycles. The van der Waals surface area contributed by atoms with Gasteiger partial charge in [0.15, 0.2) is 6.10 Å². The number of nitrogens with one attached hydrogen (secondary N) is 1. The van der Waals surface area contributed by atoms with Gasteiger partial charge >= 0.3 is 5.00 Å². The van der Waals surface area contributed by atoms with E-state index in [2.05, 4.69) is 10.5 Å². The summed E-state index contributed by atoms with van der Waals surface area (Å²) in [6.07, 6.45) is 0.615. The summed E-state index contributed by atoms with van der Waals surface area (Å²) < 4.78 is 5.65. The lowest BCUT2D eigenvalue weighted by molar-refractivity contribution is -0.380. The predicted octanol–water partition coefficient (Wildman–Crippen LogP) is 3.73. The Morgan fingerprint density at radius 1 is 1.23 bits per heavy atom. The second-order valence-electron chi connectivity index (χ2n) is 5.44. The molecule has 132 valence electrons. The van der Waals surface area contributed by atoms with Crippen LogP contribution in [-0.4, -0.2) is 23.1 Å². The van der Waals surface area contributed by atoms with E-state index in [1.54, 1.807) is 19.1 Å². The second-order valence-corrected chi connectivity index (χ2v) is 6.53. The number of nitro groups is 1. The third-order valence-corrected chi connectivity index (χ3v) is 4.53. The van der Waals surface area contributed by atoms with Crippen LogP contribution in [-0.2, 0) is 4.79 Å². The number of hydrogen-bond acceptors (Lipinski definition) is 6. The van der Waals surface area contributed by atoms with Crippen molar-refractivity contribution in [1.29, 1.82) is 0 Å². The minimum Gasteiger partial charge on any atom is -0.481 e. The van der Waals surface area contributed by atoms with Gasteiger partial charge in [-0.2, -0.15) is 5.10 Å². The number of thiophene rings is 1. The Morgan fingerprint density at radius 3 is 2.73 bits per heavy atom. The monoisotopic (exact) mass is 369 g/mol. The Labute approximate surface area is 153 Å². The standard InChI is InChI=1S/C18H15N3O4S/c1-12(25-15-7-6-13-4-2-3-5-14(13)10-15)18(22)20-19-11-16-8-9-17(26-16)21(23)24/h2-12H,1H3,(H,20,22)/b19-11+. The Balaban J connectivity index is 1.58. The Kier molecular flexibility index (Phi) is 5.23. The maximum atomic E-state index is 12.1. The zero-order valence-electron chi connectivity index (χ0n) is 13.8. The zero-order valence-corrected chi connectivity index (χ0v) is 14.6. The van der Waals surface area contributed by atoms with Crippen LogP contribution >= 0.6 is 11.3 Å². The van der Waals surface area contributed by atoms with Crippen LogP contribution in [0.15, 0.2) is 59.7 Å². The fourth-order valence-corrected chi connectivity index (χ4v) is 2.95. The molecule has 0 aliphatic rings. The third-order valence-electron chi connectivity index (χ3n) is 3.56. The summed E-state index contributed by atoms with van der Waals surface area (Å²) >= 11 is 0.974. The van der Waals surface area contributed by atoms with Gasteiger partial charge in [0.2, 0.25) is 0 Å². The van der Waals surface area contributed by atoms with Gasteiger partial charge in [-0.3, -0.25) is 14.9 Å². The van der Waals surface area contributed by atoms with Crippen molar-refractivity contribution < 1.29 is 14.5 Å². The van der Waals surface area contributed by atoms with E-state index in [0.29, 0.717) is 10.6 Å². The van der Waals surface area contributed by atoms with Crippen LogP contribution in [0.4, 0.5) is 5.00 Å². The summed E-state index contributed by atoms with van der Waals surface area (Å²) in [5, 5.41) is 16.6. The first-order valence-corrected chi connectivity index (χ1v) is 8.57. The molecule has 0 aliphatic carbocycles. The summed E-state index contributed by atoms with van der Waals surface area (Å²) in [6.45, 7) is 1.62. The highest BCUT2D eigenvalue weighted by Gasteiger charge is 2.14. The van der Waals surface area contributed by atoms with Crippen LogP contribution in [0.2, 0.25) is 0 Å². The number of rotatable bonds is 6. The molecule has 7 nitrogen and oxygen atoms in total. The van der Waals surface area contributed by atoms with Gasteiger partial charge in [0.25, 0.3) is 5.91 Å². The molecule has 26 heavy (non-hydrogen) atoms. The first kappa shape index (κ1) is 17.6. The SMILES string of the molecule is CC(Oc1ccc2ccccc2c1)C(=O)N/N=C/c1ccc([N+](=O)[O-])s1. The minimum absolute atomic E-state index is 0.0192. The number of carbonyl (C=O) groups is 1. The van der Waals surface area contributed by atoms with E-state index in [1.165, 1.54) is 12.3 Å². The third kappa shape index (κ3) is 4.22. The smallest absolute Gasteiger partial charge is 0.324 e. The molecule has 1 amide bonds. The maximum Gasteiger partial charge on any atom is 0.324 e. The number of carbonyl (C=O) groups excluding carboxylic acids is 1. The van der Waals surface area contributed by atoms with Gasteiger partial charge in [-0.1, -0.05) is 41.7 Å². The Hall–Kier alpha value is -3.26. The number of fused-ring (bicyclic) bond motifs is 1. The van der Waals surface area contributed by atoms with E-state index < -0.39 is 16.9 Å². The Bertz CT molecular complexity index is 983. The van der Waals surface area contributed by atoms with Crippen molar-refractivity contribution in [3.05, 3.63) is 69.6 Å². The average molecular weight is 369 g/mol. The number of hydrogen-bond donors (Lipinski definition) is 1. The van der Waals surface area contributed by atoms with E-state index in [-0.39, 0.29) is 5.00 Å². The van der Waals surface area contributed by atoms with Gasteiger partial charge in [-0.05, 0) is 35.9 Å². The van der Waals surface area contributed by atoms with Crippen LogP contribution in [0.3, 0.4) is 0 Å². The van der Waals surface area contributed by atoms with E-state index in [9.17, 15) is 14.9 Å². The van der Waals surface area contributed by atoms with Crippen molar-refractivity contribution in [1.82, 2.24) is 5.43 Å². The van der Waals surface area contributed by atoms with E-state index >= 15 is 0 Å². The molecule has 0 saturated carbocycles. The van der Waals surface area contributed by atoms with Crippen LogP contribution in [0.5, 0.6) is 5.75 Å². The molecule has 2 aromatic carbocycles. The quantitative estimate of drug-likeness (QED) is 0.407. The predicted molar refractivity (Wildman–Crippen MR) is 101 cm³/mol. The van der Waals surface area contributed by atoms with Gasteiger partial charge in [0.05, 0.1) is 16.0 Å². The van der Waals surface area contributed by atoms with Crippen molar-refractivity contribution >= 4 is 39.2 Å². The van der Waals surface area contributed by atoms with Gasteiger partial charge in [-0.25, -0.2) is 5.43 Å². The zero-order chi connectivity index (χ0) is 18.5. The molecule has 3 aromatic rings. The molecule has 1 aromatic heterocycles. The number of nitrogens with zero attached hydrogens (tertiary/aromatic N) is 2. The normalized spacial score (nSPS) is 12.2. The molecule has 1 N–H and O–H groups in total. The average Bonchev–Trinajstić information content (AvgIpc) is 3.10. The van der Waals surface area contributed by atoms with Gasteiger partial charge in [0, 0.05) is 6.07 Å². The summed E-state index contributed by atoms with van der Waals surface area (Å²) in [4.78, 5) is 22.8. The van der Waals surface area contributed by atoms with Crippen molar-refractivity contribution in [3.63, 3.8) is 0 Å². The lowest BCUT2D eigenvalue weighted by Crippen LogP contribution is -2.33. The lowest BCUT2D eigenvalue weighted by atomic mass is 10.1. The van der Waals surface area contributed by atoms with Crippen molar-refractivity contribution in [2.45, 2.75) is 13.0 Å². The molecule has 0 radical (unpaired) electrons. The second kappa shape index (κ2) is 7.75. The Morgan fingerprint density at radius 2 is 2.00 bits per heavy atom. The number of hydrazone groups is 1. The summed E-state index contributed by atoms with van der Waals surface area (Å²) in [6, 6.07) is 16.4. The molecule has 1 unspecified atom stereocenters. The molecule has 0 fully saturated rings. The van der Waals surface area contributed by atoms with E-state index in [1.807, 2.05) is 36.4 Å². The molecule has 0 spiro atoms. The number of amides is 1. The van der Waals surface area contributed by atoms with Crippen LogP contribution in [0.1, 0.15) is 11.8 Å². The van der Waals surface area contributed by atoms with Crippen LogP contribution < -0.4 is 10.2 Å². The fraction of sp³-hybridized carbons (Fsp3) is 0.111. The molecular formula is C18H15N3O4S. The first-order valence-electron chi connectivity index (χ1n) is 7.75. The highest BCUT2D eigenvalue weighted by molar-refractivity contribution is 7.16. The number of ether oxygens (including phenoxy) is 1. The van der Waals surface area contributed by atoms with Crippen molar-refractivity contribution in [2.75, 3.05) is 0 Å².